The van der Waals surface area contributed by atoms with Crippen molar-refractivity contribution in [1.29, 1.82) is 0 Å². The molecule has 158 valence electrons. The van der Waals surface area contributed by atoms with Crippen molar-refractivity contribution in [3.05, 3.63) is 34.3 Å². The minimum Gasteiger partial charge on any atom is -0.496 e. The SMILES string of the molecule is CCN(CC)C1CCN(C(=O)c2sc(-c3cc(C(C)C)ccc3OC)nc2C)C1. The van der Waals surface area contributed by atoms with E-state index < -0.39 is 0 Å². The van der Waals surface area contributed by atoms with E-state index in [0.29, 0.717) is 12.0 Å². The molecule has 2 aromatic rings. The van der Waals surface area contributed by atoms with Gasteiger partial charge in [0, 0.05) is 19.1 Å². The standard InChI is InChI=1S/C23H33N3O2S/c1-7-25(8-2)18-11-12-26(14-18)23(27)21-16(5)24-22(29-21)19-13-17(15(3)4)9-10-20(19)28-6/h9-10,13,15,18H,7-8,11-12,14H2,1-6H3. The molecule has 1 aliphatic rings. The van der Waals surface area contributed by atoms with Gasteiger partial charge in [-0.25, -0.2) is 4.98 Å². The summed E-state index contributed by atoms with van der Waals surface area (Å²) in [5, 5.41) is 0.852. The zero-order valence-corrected chi connectivity index (χ0v) is 19.3. The Bertz CT molecular complexity index is 858. The molecule has 1 unspecified atom stereocenters. The summed E-state index contributed by atoms with van der Waals surface area (Å²) in [5.41, 5.74) is 3.01. The Morgan fingerprint density at radius 1 is 1.34 bits per heavy atom. The summed E-state index contributed by atoms with van der Waals surface area (Å²) in [4.78, 5) is 23.2. The maximum atomic E-state index is 13.2. The topological polar surface area (TPSA) is 45.7 Å². The van der Waals surface area contributed by atoms with E-state index in [9.17, 15) is 4.79 Å². The maximum absolute atomic E-state index is 13.2. The van der Waals surface area contributed by atoms with Gasteiger partial charge < -0.3 is 9.64 Å². The molecule has 0 spiro atoms. The van der Waals surface area contributed by atoms with Crippen molar-refractivity contribution in [2.75, 3.05) is 33.3 Å². The van der Waals surface area contributed by atoms with Crippen LogP contribution in [0.25, 0.3) is 10.6 Å². The summed E-state index contributed by atoms with van der Waals surface area (Å²) in [6.07, 6.45) is 1.04. The van der Waals surface area contributed by atoms with Crippen LogP contribution >= 0.6 is 11.3 Å². The monoisotopic (exact) mass is 415 g/mol. The third-order valence-corrected chi connectivity index (χ3v) is 7.07. The van der Waals surface area contributed by atoms with Crippen LogP contribution in [-0.2, 0) is 0 Å². The minimum atomic E-state index is 0.111. The molecule has 5 nitrogen and oxygen atoms in total. The van der Waals surface area contributed by atoms with Crippen molar-refractivity contribution >= 4 is 17.2 Å². The summed E-state index contributed by atoms with van der Waals surface area (Å²) >= 11 is 1.48. The molecule has 1 aromatic carbocycles. The van der Waals surface area contributed by atoms with Gasteiger partial charge in [0.05, 0.1) is 18.4 Å². The number of likely N-dealkylation sites (N-methyl/N-ethyl adjacent to an activating group) is 1. The summed E-state index contributed by atoms with van der Waals surface area (Å²) in [5.74, 6) is 1.33. The lowest BCUT2D eigenvalue weighted by atomic mass is 10.0. The first kappa shape index (κ1) is 21.8. The van der Waals surface area contributed by atoms with Gasteiger partial charge in [0.15, 0.2) is 0 Å². The fourth-order valence-electron chi connectivity index (χ4n) is 4.07. The average molecular weight is 416 g/mol. The first-order valence-electron chi connectivity index (χ1n) is 10.6. The first-order chi connectivity index (χ1) is 13.9. The Kier molecular flexibility index (Phi) is 6.96. The lowest BCUT2D eigenvalue weighted by molar-refractivity contribution is 0.0782. The maximum Gasteiger partial charge on any atom is 0.265 e. The van der Waals surface area contributed by atoms with Crippen LogP contribution in [0, 0.1) is 6.92 Å². The van der Waals surface area contributed by atoms with E-state index in [4.69, 9.17) is 9.72 Å². The third kappa shape index (κ3) is 4.48. The smallest absolute Gasteiger partial charge is 0.265 e. The third-order valence-electron chi connectivity index (χ3n) is 5.89. The van der Waals surface area contributed by atoms with Gasteiger partial charge in [0.2, 0.25) is 0 Å². The highest BCUT2D eigenvalue weighted by atomic mass is 32.1. The van der Waals surface area contributed by atoms with Crippen LogP contribution in [0.2, 0.25) is 0 Å². The van der Waals surface area contributed by atoms with Crippen LogP contribution in [0.5, 0.6) is 5.75 Å². The van der Waals surface area contributed by atoms with Gasteiger partial charge in [-0.1, -0.05) is 33.8 Å². The van der Waals surface area contributed by atoms with Gasteiger partial charge in [-0.15, -0.1) is 11.3 Å². The molecule has 1 atom stereocenters. The number of methoxy groups -OCH3 is 1. The fourth-order valence-corrected chi connectivity index (χ4v) is 5.12. The molecule has 2 heterocycles. The number of likely N-dealkylation sites (tertiary alicyclic amines) is 1. The molecular weight excluding hydrogens is 382 g/mol. The van der Waals surface area contributed by atoms with Crippen molar-refractivity contribution in [3.8, 4) is 16.3 Å². The normalized spacial score (nSPS) is 16.8. The molecule has 0 aliphatic carbocycles. The number of hydrogen-bond donors (Lipinski definition) is 0. The van der Waals surface area contributed by atoms with Gasteiger partial charge in [0.1, 0.15) is 15.6 Å². The second-order valence-electron chi connectivity index (χ2n) is 7.96. The predicted octanol–water partition coefficient (Wildman–Crippen LogP) is 4.81. The van der Waals surface area contributed by atoms with Crippen LogP contribution in [0.15, 0.2) is 18.2 Å². The van der Waals surface area contributed by atoms with Crippen LogP contribution in [0.4, 0.5) is 0 Å². The highest BCUT2D eigenvalue weighted by molar-refractivity contribution is 7.17. The second-order valence-corrected chi connectivity index (χ2v) is 8.96. The molecule has 6 heteroatoms. The fraction of sp³-hybridized carbons (Fsp3) is 0.565. The molecule has 0 N–H and O–H groups in total. The Morgan fingerprint density at radius 2 is 2.07 bits per heavy atom. The molecule has 0 radical (unpaired) electrons. The van der Waals surface area contributed by atoms with Gasteiger partial charge >= 0.3 is 0 Å². The molecule has 0 saturated carbocycles. The summed E-state index contributed by atoms with van der Waals surface area (Å²) in [6, 6.07) is 6.70. The lowest BCUT2D eigenvalue weighted by Gasteiger charge is -2.26. The van der Waals surface area contributed by atoms with Crippen LogP contribution in [-0.4, -0.2) is 60.0 Å². The van der Waals surface area contributed by atoms with Crippen LogP contribution < -0.4 is 4.74 Å². The van der Waals surface area contributed by atoms with Gasteiger partial charge in [-0.05, 0) is 50.0 Å². The van der Waals surface area contributed by atoms with E-state index in [0.717, 1.165) is 59.5 Å². The van der Waals surface area contributed by atoms with E-state index >= 15 is 0 Å². The molecule has 29 heavy (non-hydrogen) atoms. The number of nitrogens with zero attached hydrogens (tertiary/aromatic N) is 3. The van der Waals surface area contributed by atoms with E-state index in [-0.39, 0.29) is 5.91 Å². The molecule has 1 aliphatic heterocycles. The number of aromatic nitrogens is 1. The number of carbonyl (C=O) groups is 1. The summed E-state index contributed by atoms with van der Waals surface area (Å²) in [7, 11) is 1.68. The number of hydrogen-bond acceptors (Lipinski definition) is 5. The Morgan fingerprint density at radius 3 is 2.69 bits per heavy atom. The minimum absolute atomic E-state index is 0.111. The zero-order chi connectivity index (χ0) is 21.1. The van der Waals surface area contributed by atoms with Crippen molar-refractivity contribution < 1.29 is 9.53 Å². The average Bonchev–Trinajstić information content (AvgIpc) is 3.35. The number of carbonyl (C=O) groups excluding carboxylic acids is 1. The number of amides is 1. The van der Waals surface area contributed by atoms with Crippen LogP contribution in [0.3, 0.4) is 0 Å². The summed E-state index contributed by atoms with van der Waals surface area (Å²) in [6.45, 7) is 14.3. The number of ether oxygens (including phenoxy) is 1. The second kappa shape index (κ2) is 9.26. The lowest BCUT2D eigenvalue weighted by Crippen LogP contribution is -2.38. The van der Waals surface area contributed by atoms with Crippen molar-refractivity contribution in [2.24, 2.45) is 0 Å². The largest absolute Gasteiger partial charge is 0.496 e. The Balaban J connectivity index is 1.86. The van der Waals surface area contributed by atoms with Gasteiger partial charge in [0.25, 0.3) is 5.91 Å². The summed E-state index contributed by atoms with van der Waals surface area (Å²) < 4.78 is 5.57. The number of benzene rings is 1. The van der Waals surface area contributed by atoms with E-state index in [1.165, 1.54) is 16.9 Å². The highest BCUT2D eigenvalue weighted by Gasteiger charge is 2.31. The molecule has 0 bridgehead atoms. The zero-order valence-electron chi connectivity index (χ0n) is 18.5. The van der Waals surface area contributed by atoms with Gasteiger partial charge in [-0.2, -0.15) is 0 Å². The first-order valence-corrected chi connectivity index (χ1v) is 11.4. The Labute approximate surface area is 178 Å². The van der Waals surface area contributed by atoms with Gasteiger partial charge in [-0.3, -0.25) is 9.69 Å². The molecular formula is C23H33N3O2S. The predicted molar refractivity (Wildman–Crippen MR) is 120 cm³/mol. The van der Waals surface area contributed by atoms with E-state index in [2.05, 4.69) is 44.7 Å². The van der Waals surface area contributed by atoms with E-state index in [1.807, 2.05) is 17.9 Å². The molecule has 3 rings (SSSR count). The van der Waals surface area contributed by atoms with Crippen LogP contribution in [0.1, 0.15) is 61.0 Å². The van der Waals surface area contributed by atoms with Crippen molar-refractivity contribution in [2.45, 2.75) is 53.0 Å². The highest BCUT2D eigenvalue weighted by Crippen LogP contribution is 2.37. The molecule has 1 amide bonds. The number of rotatable bonds is 7. The van der Waals surface area contributed by atoms with Crippen molar-refractivity contribution in [1.82, 2.24) is 14.8 Å². The number of aryl methyl sites for hydroxylation is 1. The molecule has 1 saturated heterocycles. The number of thiazole rings is 1. The van der Waals surface area contributed by atoms with Crippen molar-refractivity contribution in [3.63, 3.8) is 0 Å². The molecule has 1 fully saturated rings. The Hall–Kier alpha value is -1.92. The molecule has 1 aromatic heterocycles. The quantitative estimate of drug-likeness (QED) is 0.651. The van der Waals surface area contributed by atoms with E-state index in [1.54, 1.807) is 7.11 Å².